The minimum Gasteiger partial charge on any atom is -0.508 e. The highest BCUT2D eigenvalue weighted by atomic mass is 32.2. The van der Waals surface area contributed by atoms with Gasteiger partial charge in [0.1, 0.15) is 11.8 Å². The molecule has 0 aliphatic rings. The number of hydrogen-bond acceptors (Lipinski definition) is 5. The van der Waals surface area contributed by atoms with Crippen molar-refractivity contribution in [3.05, 3.63) is 102 Å². The van der Waals surface area contributed by atoms with Crippen LogP contribution in [0.1, 0.15) is 36.7 Å². The Kier molecular flexibility index (Phi) is 8.03. The number of rotatable bonds is 8. The predicted octanol–water partition coefficient (Wildman–Crippen LogP) is 4.60. The Morgan fingerprint density at radius 3 is 2.13 bits per heavy atom. The van der Waals surface area contributed by atoms with E-state index in [0.717, 1.165) is 5.56 Å². The van der Waals surface area contributed by atoms with Crippen LogP contribution in [0.4, 0.5) is 5.69 Å². The Bertz CT molecular complexity index is 1600. The molecule has 1 atom stereocenters. The van der Waals surface area contributed by atoms with Gasteiger partial charge in [0.25, 0.3) is 5.91 Å². The summed E-state index contributed by atoms with van der Waals surface area (Å²) in [6, 6.07) is 24.0. The summed E-state index contributed by atoms with van der Waals surface area (Å²) < 4.78 is 28.9. The van der Waals surface area contributed by atoms with E-state index in [1.807, 2.05) is 0 Å². The summed E-state index contributed by atoms with van der Waals surface area (Å²) in [6.45, 7) is 5.29. The number of fused-ring (bicyclic) bond motifs is 1. The molecule has 4 N–H and O–H groups in total. The molecule has 0 radical (unpaired) electrons. The van der Waals surface area contributed by atoms with Gasteiger partial charge in [0.05, 0.1) is 4.90 Å². The standard InChI is InChI=1S/C30H31N3O5S/c1-30(2,3)33-39(37,38)27-14-8-11-23-24(27)12-7-13-25(23)31-29(36)26(19-20-15-17-22(34)18-16-20)32-28(35)21-9-5-4-6-10-21/h4-18,26,33-34H,19H2,1-3H3,(H,31,36)(H,32,35). The van der Waals surface area contributed by atoms with Crippen LogP contribution >= 0.6 is 0 Å². The molecule has 9 heteroatoms. The van der Waals surface area contributed by atoms with E-state index in [1.165, 1.54) is 18.2 Å². The van der Waals surface area contributed by atoms with Gasteiger partial charge in [-0.3, -0.25) is 9.59 Å². The molecular weight excluding hydrogens is 514 g/mol. The second-order valence-corrected chi connectivity index (χ2v) is 11.9. The van der Waals surface area contributed by atoms with Crippen molar-refractivity contribution in [1.82, 2.24) is 10.0 Å². The monoisotopic (exact) mass is 545 g/mol. The topological polar surface area (TPSA) is 125 Å². The molecule has 0 aliphatic carbocycles. The van der Waals surface area contributed by atoms with Crippen molar-refractivity contribution in [1.29, 1.82) is 0 Å². The predicted molar refractivity (Wildman–Crippen MR) is 152 cm³/mol. The van der Waals surface area contributed by atoms with E-state index in [1.54, 1.807) is 93.6 Å². The van der Waals surface area contributed by atoms with Crippen molar-refractivity contribution in [3.63, 3.8) is 0 Å². The van der Waals surface area contributed by atoms with Crippen LogP contribution in [-0.2, 0) is 21.2 Å². The Balaban J connectivity index is 1.66. The normalized spacial score (nSPS) is 12.6. The number of carbonyl (C=O) groups is 2. The summed E-state index contributed by atoms with van der Waals surface area (Å²) >= 11 is 0. The molecule has 4 aromatic carbocycles. The van der Waals surface area contributed by atoms with Crippen LogP contribution in [0.15, 0.2) is 95.9 Å². The molecule has 0 bridgehead atoms. The second kappa shape index (κ2) is 11.3. The minimum atomic E-state index is -3.84. The van der Waals surface area contributed by atoms with Crippen LogP contribution in [0, 0.1) is 0 Å². The summed E-state index contributed by atoms with van der Waals surface area (Å²) in [4.78, 5) is 26.6. The molecule has 0 spiro atoms. The third kappa shape index (κ3) is 7.01. The number of carbonyl (C=O) groups excluding carboxylic acids is 2. The molecule has 2 amide bonds. The van der Waals surface area contributed by atoms with E-state index in [0.29, 0.717) is 22.0 Å². The lowest BCUT2D eigenvalue weighted by Crippen LogP contribution is -2.45. The number of phenolic OH excluding ortho intramolecular Hbond substituents is 1. The van der Waals surface area contributed by atoms with Crippen molar-refractivity contribution in [2.24, 2.45) is 0 Å². The fraction of sp³-hybridized carbons (Fsp3) is 0.200. The molecule has 0 heterocycles. The van der Waals surface area contributed by atoms with Gasteiger partial charge in [0, 0.05) is 34.0 Å². The number of anilines is 1. The van der Waals surface area contributed by atoms with Crippen LogP contribution in [0.2, 0.25) is 0 Å². The van der Waals surface area contributed by atoms with Crippen LogP contribution < -0.4 is 15.4 Å². The maximum atomic E-state index is 13.6. The second-order valence-electron chi connectivity index (χ2n) is 10.3. The van der Waals surface area contributed by atoms with Gasteiger partial charge in [-0.25, -0.2) is 13.1 Å². The molecule has 202 valence electrons. The molecule has 0 aliphatic heterocycles. The largest absolute Gasteiger partial charge is 0.508 e. The summed E-state index contributed by atoms with van der Waals surface area (Å²) in [5, 5.41) is 16.3. The number of benzene rings is 4. The van der Waals surface area contributed by atoms with Crippen molar-refractivity contribution < 1.29 is 23.1 Å². The van der Waals surface area contributed by atoms with Crippen LogP contribution in [0.25, 0.3) is 10.8 Å². The average molecular weight is 546 g/mol. The lowest BCUT2D eigenvalue weighted by molar-refractivity contribution is -0.118. The first kappa shape index (κ1) is 27.8. The zero-order valence-corrected chi connectivity index (χ0v) is 22.7. The third-order valence-corrected chi connectivity index (χ3v) is 7.72. The molecule has 1 unspecified atom stereocenters. The number of phenols is 1. The number of nitrogens with one attached hydrogen (secondary N) is 3. The Labute approximate surface area is 228 Å². The van der Waals surface area contributed by atoms with Gasteiger partial charge in [0.15, 0.2) is 0 Å². The van der Waals surface area contributed by atoms with Crippen molar-refractivity contribution >= 4 is 38.3 Å². The molecule has 0 saturated carbocycles. The maximum Gasteiger partial charge on any atom is 0.251 e. The summed E-state index contributed by atoms with van der Waals surface area (Å²) in [5.74, 6) is -0.787. The highest BCUT2D eigenvalue weighted by Crippen LogP contribution is 2.29. The molecular formula is C30H31N3O5S. The lowest BCUT2D eigenvalue weighted by Gasteiger charge is -2.22. The summed E-state index contributed by atoms with van der Waals surface area (Å²) in [5.41, 5.74) is 0.883. The van der Waals surface area contributed by atoms with Crippen LogP contribution in [-0.4, -0.2) is 36.9 Å². The first-order valence-corrected chi connectivity index (χ1v) is 13.9. The van der Waals surface area contributed by atoms with Gasteiger partial charge in [-0.1, -0.05) is 54.6 Å². The molecule has 0 fully saturated rings. The van der Waals surface area contributed by atoms with E-state index in [-0.39, 0.29) is 17.1 Å². The fourth-order valence-electron chi connectivity index (χ4n) is 4.21. The zero-order valence-electron chi connectivity index (χ0n) is 21.9. The minimum absolute atomic E-state index is 0.0931. The maximum absolute atomic E-state index is 13.6. The van der Waals surface area contributed by atoms with Gasteiger partial charge in [0.2, 0.25) is 15.9 Å². The first-order valence-electron chi connectivity index (χ1n) is 12.4. The molecule has 4 rings (SSSR count). The fourth-order valence-corrected chi connectivity index (χ4v) is 5.85. The molecule has 0 aromatic heterocycles. The third-order valence-electron chi connectivity index (χ3n) is 5.90. The Morgan fingerprint density at radius 2 is 1.46 bits per heavy atom. The van der Waals surface area contributed by atoms with E-state index in [9.17, 15) is 23.1 Å². The SMILES string of the molecule is CC(C)(C)NS(=O)(=O)c1cccc2c(NC(=O)C(Cc3ccc(O)cc3)NC(=O)c3ccccc3)cccc12. The van der Waals surface area contributed by atoms with E-state index < -0.39 is 33.4 Å². The van der Waals surface area contributed by atoms with E-state index >= 15 is 0 Å². The zero-order chi connectivity index (χ0) is 28.2. The van der Waals surface area contributed by atoms with Crippen molar-refractivity contribution in [2.75, 3.05) is 5.32 Å². The number of sulfonamides is 1. The van der Waals surface area contributed by atoms with E-state index in [2.05, 4.69) is 15.4 Å². The van der Waals surface area contributed by atoms with Gasteiger partial charge in [-0.05, 0) is 62.7 Å². The molecule has 39 heavy (non-hydrogen) atoms. The molecule has 0 saturated heterocycles. The summed E-state index contributed by atoms with van der Waals surface area (Å²) in [7, 11) is -3.84. The van der Waals surface area contributed by atoms with Gasteiger partial charge in [-0.15, -0.1) is 0 Å². The van der Waals surface area contributed by atoms with Gasteiger partial charge in [-0.2, -0.15) is 0 Å². The molecule has 8 nitrogen and oxygen atoms in total. The van der Waals surface area contributed by atoms with Crippen LogP contribution in [0.3, 0.4) is 0 Å². The molecule has 4 aromatic rings. The lowest BCUT2D eigenvalue weighted by atomic mass is 10.0. The van der Waals surface area contributed by atoms with Crippen LogP contribution in [0.5, 0.6) is 5.75 Å². The van der Waals surface area contributed by atoms with Crippen molar-refractivity contribution in [3.8, 4) is 5.75 Å². The van der Waals surface area contributed by atoms with Crippen molar-refractivity contribution in [2.45, 2.75) is 43.7 Å². The number of amides is 2. The Morgan fingerprint density at radius 1 is 0.821 bits per heavy atom. The average Bonchev–Trinajstić information content (AvgIpc) is 2.88. The van der Waals surface area contributed by atoms with Gasteiger partial charge >= 0.3 is 0 Å². The Hall–Kier alpha value is -4.21. The number of aromatic hydroxyl groups is 1. The summed E-state index contributed by atoms with van der Waals surface area (Å²) in [6.07, 6.45) is 0.171. The highest BCUT2D eigenvalue weighted by Gasteiger charge is 2.26. The van der Waals surface area contributed by atoms with E-state index in [4.69, 9.17) is 0 Å². The quantitative estimate of drug-likeness (QED) is 0.258. The smallest absolute Gasteiger partial charge is 0.251 e. The van der Waals surface area contributed by atoms with Gasteiger partial charge < -0.3 is 15.7 Å². The first-order chi connectivity index (χ1) is 18.4. The number of hydrogen-bond donors (Lipinski definition) is 4. The highest BCUT2D eigenvalue weighted by molar-refractivity contribution is 7.89.